The molecule has 0 bridgehead atoms. The first-order valence-electron chi connectivity index (χ1n) is 7.41. The van der Waals surface area contributed by atoms with Gasteiger partial charge in [0.15, 0.2) is 0 Å². The van der Waals surface area contributed by atoms with Crippen LogP contribution in [0.4, 0.5) is 13.6 Å². The molecule has 128 valence electrons. The van der Waals surface area contributed by atoms with Crippen molar-refractivity contribution in [3.05, 3.63) is 29.8 Å². The molecular weight excluding hydrogens is 308 g/mol. The molecule has 1 amide bonds. The second-order valence-electron chi connectivity index (χ2n) is 6.55. The van der Waals surface area contributed by atoms with Crippen LogP contribution in [0.15, 0.2) is 18.2 Å². The Hall–Kier alpha value is -1.89. The van der Waals surface area contributed by atoms with Crippen LogP contribution in [0.25, 0.3) is 0 Å². The molecule has 0 aromatic heterocycles. The van der Waals surface area contributed by atoms with E-state index in [1.54, 1.807) is 20.8 Å². The summed E-state index contributed by atoms with van der Waals surface area (Å²) < 4.78 is 37.2. The van der Waals surface area contributed by atoms with Gasteiger partial charge in [0.1, 0.15) is 29.1 Å². The molecule has 2 atom stereocenters. The zero-order valence-corrected chi connectivity index (χ0v) is 13.4. The van der Waals surface area contributed by atoms with Crippen LogP contribution in [0.1, 0.15) is 27.2 Å². The minimum Gasteiger partial charge on any atom is -0.488 e. The van der Waals surface area contributed by atoms with Crippen LogP contribution in [0, 0.1) is 11.6 Å². The van der Waals surface area contributed by atoms with Gasteiger partial charge in [-0.2, -0.15) is 0 Å². The third kappa shape index (κ3) is 4.79. The van der Waals surface area contributed by atoms with Crippen LogP contribution in [0.5, 0.6) is 5.75 Å². The number of hydrogen-bond acceptors (Lipinski definition) is 4. The Kier molecular flexibility index (Phi) is 5.09. The van der Waals surface area contributed by atoms with Gasteiger partial charge in [0.2, 0.25) is 0 Å². The molecule has 0 saturated carbocycles. The molecule has 1 aliphatic rings. The van der Waals surface area contributed by atoms with Gasteiger partial charge < -0.3 is 14.6 Å². The van der Waals surface area contributed by atoms with Gasteiger partial charge in [-0.3, -0.25) is 4.90 Å². The van der Waals surface area contributed by atoms with Crippen molar-refractivity contribution < 1.29 is 28.2 Å². The topological polar surface area (TPSA) is 59.0 Å². The molecule has 1 heterocycles. The summed E-state index contributed by atoms with van der Waals surface area (Å²) in [6.45, 7) is 5.18. The number of aliphatic hydroxyl groups is 1. The third-order valence-corrected chi connectivity index (χ3v) is 3.35. The van der Waals surface area contributed by atoms with Crippen molar-refractivity contribution in [2.75, 3.05) is 13.2 Å². The standard InChI is InChI=1S/C16H21F2NO4/c1-16(2,3)23-15(21)19-8-14(7-12(19)9-20)22-13-5-10(17)4-11(18)6-13/h4-6,12,14,20H,7-9H2,1-3H3/t12-,14+/m0/s1. The molecule has 0 aliphatic carbocycles. The number of halogens is 2. The SMILES string of the molecule is CC(C)(C)OC(=O)N1C[C@H](Oc2cc(F)cc(F)c2)C[C@H]1CO. The van der Waals surface area contributed by atoms with Crippen molar-refractivity contribution in [3.8, 4) is 5.75 Å². The van der Waals surface area contributed by atoms with Crippen molar-refractivity contribution in [1.82, 2.24) is 4.90 Å². The van der Waals surface area contributed by atoms with E-state index in [1.165, 1.54) is 4.90 Å². The second-order valence-corrected chi connectivity index (χ2v) is 6.55. The molecule has 1 aromatic carbocycles. The van der Waals surface area contributed by atoms with E-state index in [4.69, 9.17) is 9.47 Å². The fraction of sp³-hybridized carbons (Fsp3) is 0.562. The highest BCUT2D eigenvalue weighted by Gasteiger charge is 2.38. The van der Waals surface area contributed by atoms with Gasteiger partial charge in [-0.15, -0.1) is 0 Å². The molecule has 0 unspecified atom stereocenters. The van der Waals surface area contributed by atoms with E-state index in [0.29, 0.717) is 6.42 Å². The van der Waals surface area contributed by atoms with Gasteiger partial charge in [0.25, 0.3) is 0 Å². The fourth-order valence-electron chi connectivity index (χ4n) is 2.47. The lowest BCUT2D eigenvalue weighted by Crippen LogP contribution is -2.41. The number of ether oxygens (including phenoxy) is 2. The molecule has 1 aliphatic heterocycles. The van der Waals surface area contributed by atoms with Crippen LogP contribution >= 0.6 is 0 Å². The van der Waals surface area contributed by atoms with Crippen molar-refractivity contribution in [3.63, 3.8) is 0 Å². The summed E-state index contributed by atoms with van der Waals surface area (Å²) in [6, 6.07) is 2.46. The largest absolute Gasteiger partial charge is 0.488 e. The highest BCUT2D eigenvalue weighted by Crippen LogP contribution is 2.25. The van der Waals surface area contributed by atoms with E-state index in [-0.39, 0.29) is 18.9 Å². The van der Waals surface area contributed by atoms with Gasteiger partial charge >= 0.3 is 6.09 Å². The number of carbonyl (C=O) groups is 1. The maximum Gasteiger partial charge on any atom is 0.410 e. The number of hydrogen-bond donors (Lipinski definition) is 1. The van der Waals surface area contributed by atoms with Crippen molar-refractivity contribution >= 4 is 6.09 Å². The highest BCUT2D eigenvalue weighted by atomic mass is 19.1. The lowest BCUT2D eigenvalue weighted by Gasteiger charge is -2.27. The van der Waals surface area contributed by atoms with Crippen LogP contribution in [-0.4, -0.2) is 47.0 Å². The summed E-state index contributed by atoms with van der Waals surface area (Å²) >= 11 is 0. The summed E-state index contributed by atoms with van der Waals surface area (Å²) in [5.41, 5.74) is -0.651. The Bertz CT molecular complexity index is 553. The average Bonchev–Trinajstić information content (AvgIpc) is 2.78. The van der Waals surface area contributed by atoms with E-state index in [2.05, 4.69) is 0 Å². The Morgan fingerprint density at radius 1 is 1.30 bits per heavy atom. The van der Waals surface area contributed by atoms with Gasteiger partial charge in [0, 0.05) is 24.6 Å². The first-order valence-corrected chi connectivity index (χ1v) is 7.41. The van der Waals surface area contributed by atoms with Gasteiger partial charge in [-0.05, 0) is 20.8 Å². The van der Waals surface area contributed by atoms with Crippen LogP contribution in [0.2, 0.25) is 0 Å². The summed E-state index contributed by atoms with van der Waals surface area (Å²) in [5.74, 6) is -1.42. The summed E-state index contributed by atoms with van der Waals surface area (Å²) in [4.78, 5) is 13.5. The number of carbonyl (C=O) groups excluding carboxylic acids is 1. The van der Waals surface area contributed by atoms with Crippen molar-refractivity contribution in [2.45, 2.75) is 44.9 Å². The molecule has 0 spiro atoms. The van der Waals surface area contributed by atoms with Crippen LogP contribution in [0.3, 0.4) is 0 Å². The first kappa shape index (κ1) is 17.5. The van der Waals surface area contributed by atoms with E-state index in [0.717, 1.165) is 18.2 Å². The minimum absolute atomic E-state index is 0.0511. The van der Waals surface area contributed by atoms with Gasteiger partial charge in [0.05, 0.1) is 19.2 Å². The monoisotopic (exact) mass is 329 g/mol. The molecule has 1 N–H and O–H groups in total. The van der Waals surface area contributed by atoms with E-state index in [1.807, 2.05) is 0 Å². The molecule has 23 heavy (non-hydrogen) atoms. The molecule has 5 nitrogen and oxygen atoms in total. The van der Waals surface area contributed by atoms with Crippen molar-refractivity contribution in [2.24, 2.45) is 0 Å². The number of amides is 1. The molecule has 7 heteroatoms. The third-order valence-electron chi connectivity index (χ3n) is 3.35. The number of aliphatic hydroxyl groups excluding tert-OH is 1. The predicted molar refractivity (Wildman–Crippen MR) is 79.2 cm³/mol. The zero-order valence-electron chi connectivity index (χ0n) is 13.4. The number of nitrogens with zero attached hydrogens (tertiary/aromatic N) is 1. The molecule has 1 aromatic rings. The van der Waals surface area contributed by atoms with E-state index < -0.39 is 35.5 Å². The van der Waals surface area contributed by atoms with E-state index in [9.17, 15) is 18.7 Å². The maximum atomic E-state index is 13.2. The summed E-state index contributed by atoms with van der Waals surface area (Å²) in [6.07, 6.45) is -0.664. The normalized spacial score (nSPS) is 21.4. The van der Waals surface area contributed by atoms with Gasteiger partial charge in [-0.1, -0.05) is 0 Å². The average molecular weight is 329 g/mol. The smallest absolute Gasteiger partial charge is 0.410 e. The quantitative estimate of drug-likeness (QED) is 0.926. The Morgan fingerprint density at radius 3 is 2.43 bits per heavy atom. The number of likely N-dealkylation sites (tertiary alicyclic amines) is 1. The maximum absolute atomic E-state index is 13.2. The van der Waals surface area contributed by atoms with Crippen LogP contribution < -0.4 is 4.74 Å². The summed E-state index contributed by atoms with van der Waals surface area (Å²) in [7, 11) is 0. The Balaban J connectivity index is 2.04. The Morgan fingerprint density at radius 2 is 1.91 bits per heavy atom. The molecule has 2 rings (SSSR count). The highest BCUT2D eigenvalue weighted by molar-refractivity contribution is 5.69. The lowest BCUT2D eigenvalue weighted by atomic mass is 10.2. The van der Waals surface area contributed by atoms with Crippen molar-refractivity contribution in [1.29, 1.82) is 0 Å². The fourth-order valence-corrected chi connectivity index (χ4v) is 2.47. The lowest BCUT2D eigenvalue weighted by molar-refractivity contribution is 0.0165. The number of rotatable bonds is 3. The minimum atomic E-state index is -0.735. The van der Waals surface area contributed by atoms with E-state index >= 15 is 0 Å². The molecule has 0 radical (unpaired) electrons. The second kappa shape index (κ2) is 6.70. The molecular formula is C16H21F2NO4. The predicted octanol–water partition coefficient (Wildman–Crippen LogP) is 2.71. The zero-order chi connectivity index (χ0) is 17.2. The summed E-state index contributed by atoms with van der Waals surface area (Å²) in [5, 5.41) is 9.43. The van der Waals surface area contributed by atoms with Gasteiger partial charge in [-0.25, -0.2) is 13.6 Å². The van der Waals surface area contributed by atoms with Crippen LogP contribution in [-0.2, 0) is 4.74 Å². The molecule has 1 saturated heterocycles. The number of benzene rings is 1. The molecule has 1 fully saturated rings. The Labute approximate surface area is 133 Å². The first-order chi connectivity index (χ1) is 10.7.